The smallest absolute Gasteiger partial charge is 0.270 e. The highest BCUT2D eigenvalue weighted by Gasteiger charge is 2.10. The topological polar surface area (TPSA) is 76.2 Å². The zero-order valence-electron chi connectivity index (χ0n) is 15.0. The molecule has 0 N–H and O–H groups in total. The fraction of sp³-hybridized carbons (Fsp3) is 0.0455. The molecule has 0 amide bonds. The Hall–Kier alpha value is -3.25. The summed E-state index contributed by atoms with van der Waals surface area (Å²) in [4.78, 5) is 10.5. The molecule has 0 fully saturated rings. The van der Waals surface area contributed by atoms with Crippen molar-refractivity contribution in [2.24, 2.45) is 0 Å². The normalized spacial score (nSPS) is 11.0. The number of ether oxygens (including phenoxy) is 1. The molecule has 0 heterocycles. The first-order valence-electron chi connectivity index (χ1n) is 8.50. The summed E-state index contributed by atoms with van der Waals surface area (Å²) < 4.78 is 20.2. The summed E-state index contributed by atoms with van der Waals surface area (Å²) in [5.74, 6) is 0.275. The van der Waals surface area contributed by atoms with E-state index in [0.29, 0.717) is 22.4 Å². The highest BCUT2D eigenvalue weighted by molar-refractivity contribution is 14.1. The van der Waals surface area contributed by atoms with Crippen LogP contribution in [0.25, 0.3) is 11.6 Å². The van der Waals surface area contributed by atoms with Gasteiger partial charge in [-0.1, -0.05) is 36.4 Å². The van der Waals surface area contributed by atoms with Gasteiger partial charge >= 0.3 is 0 Å². The van der Waals surface area contributed by atoms with Crippen molar-refractivity contribution in [3.8, 4) is 11.8 Å². The molecule has 3 aromatic carbocycles. The zero-order chi connectivity index (χ0) is 20.8. The molecule has 0 aliphatic carbocycles. The molecule has 29 heavy (non-hydrogen) atoms. The first kappa shape index (κ1) is 20.5. The monoisotopic (exact) mass is 500 g/mol. The van der Waals surface area contributed by atoms with Gasteiger partial charge in [0.1, 0.15) is 18.2 Å². The first-order chi connectivity index (χ1) is 14.0. The van der Waals surface area contributed by atoms with Crippen LogP contribution in [0.4, 0.5) is 10.1 Å². The van der Waals surface area contributed by atoms with Gasteiger partial charge in [0.05, 0.1) is 20.1 Å². The van der Waals surface area contributed by atoms with Gasteiger partial charge in [-0.2, -0.15) is 5.26 Å². The minimum atomic E-state index is -0.497. The predicted molar refractivity (Wildman–Crippen MR) is 116 cm³/mol. The molecule has 0 atom stereocenters. The maximum Gasteiger partial charge on any atom is 0.270 e. The molecule has 0 unspecified atom stereocenters. The fourth-order valence-electron chi connectivity index (χ4n) is 2.63. The summed E-state index contributed by atoms with van der Waals surface area (Å²) in [5, 5.41) is 20.4. The van der Waals surface area contributed by atoms with E-state index in [9.17, 15) is 19.8 Å². The van der Waals surface area contributed by atoms with Crippen molar-refractivity contribution < 1.29 is 14.1 Å². The molecule has 0 aromatic heterocycles. The van der Waals surface area contributed by atoms with E-state index in [1.165, 1.54) is 18.2 Å². The van der Waals surface area contributed by atoms with Crippen LogP contribution in [0.5, 0.6) is 5.75 Å². The van der Waals surface area contributed by atoms with Crippen LogP contribution >= 0.6 is 22.6 Å². The number of hydrogen-bond donors (Lipinski definition) is 0. The van der Waals surface area contributed by atoms with Crippen LogP contribution in [0.3, 0.4) is 0 Å². The lowest BCUT2D eigenvalue weighted by Crippen LogP contribution is -1.99. The quantitative estimate of drug-likeness (QED) is 0.137. The summed E-state index contributed by atoms with van der Waals surface area (Å²) in [6.07, 6.45) is 1.65. The largest absolute Gasteiger partial charge is 0.488 e. The van der Waals surface area contributed by atoms with Gasteiger partial charge in [0, 0.05) is 17.7 Å². The number of non-ortho nitro benzene ring substituents is 1. The molecule has 7 heteroatoms. The van der Waals surface area contributed by atoms with Gasteiger partial charge in [-0.25, -0.2) is 4.39 Å². The lowest BCUT2D eigenvalue weighted by atomic mass is 10.0. The maximum atomic E-state index is 13.7. The van der Waals surface area contributed by atoms with E-state index >= 15 is 0 Å². The lowest BCUT2D eigenvalue weighted by molar-refractivity contribution is -0.384. The van der Waals surface area contributed by atoms with E-state index in [0.717, 1.165) is 9.13 Å². The van der Waals surface area contributed by atoms with E-state index < -0.39 is 4.92 Å². The summed E-state index contributed by atoms with van der Waals surface area (Å²) in [7, 11) is 0. The number of nitro benzene ring substituents is 1. The number of rotatable bonds is 6. The second-order valence-electron chi connectivity index (χ2n) is 6.05. The van der Waals surface area contributed by atoms with Crippen molar-refractivity contribution in [3.05, 3.63) is 103 Å². The van der Waals surface area contributed by atoms with Crippen LogP contribution in [0.1, 0.15) is 16.7 Å². The molecule has 0 radical (unpaired) electrons. The van der Waals surface area contributed by atoms with Crippen LogP contribution in [-0.4, -0.2) is 4.92 Å². The molecule has 0 saturated carbocycles. The van der Waals surface area contributed by atoms with Crippen LogP contribution in [0.2, 0.25) is 0 Å². The van der Waals surface area contributed by atoms with Crippen molar-refractivity contribution in [3.63, 3.8) is 0 Å². The molecule has 0 aliphatic heterocycles. The molecule has 0 spiro atoms. The number of benzene rings is 3. The van der Waals surface area contributed by atoms with Gasteiger partial charge in [0.15, 0.2) is 0 Å². The van der Waals surface area contributed by atoms with E-state index in [1.54, 1.807) is 48.5 Å². The Bertz CT molecular complexity index is 1140. The lowest BCUT2D eigenvalue weighted by Gasteiger charge is -2.10. The van der Waals surface area contributed by atoms with Crippen LogP contribution in [0.15, 0.2) is 66.7 Å². The number of halogens is 2. The Labute approximate surface area is 180 Å². The Morgan fingerprint density at radius 3 is 2.66 bits per heavy atom. The molecule has 3 rings (SSSR count). The number of allylic oxidation sites excluding steroid dienone is 1. The van der Waals surface area contributed by atoms with E-state index in [2.05, 4.69) is 28.7 Å². The molecule has 3 aromatic rings. The summed E-state index contributed by atoms with van der Waals surface area (Å²) >= 11 is 2.10. The highest BCUT2D eigenvalue weighted by atomic mass is 127. The van der Waals surface area contributed by atoms with Gasteiger partial charge in [-0.15, -0.1) is 0 Å². The molecule has 144 valence electrons. The van der Waals surface area contributed by atoms with Gasteiger partial charge < -0.3 is 4.74 Å². The third-order valence-electron chi connectivity index (χ3n) is 4.10. The van der Waals surface area contributed by atoms with Crippen molar-refractivity contribution in [2.45, 2.75) is 6.61 Å². The minimum Gasteiger partial charge on any atom is -0.488 e. The van der Waals surface area contributed by atoms with Gasteiger partial charge in [-0.3, -0.25) is 10.1 Å². The molecule has 5 nitrogen and oxygen atoms in total. The van der Waals surface area contributed by atoms with Crippen LogP contribution < -0.4 is 4.74 Å². The summed E-state index contributed by atoms with van der Waals surface area (Å²) in [6.45, 7) is 0.106. The van der Waals surface area contributed by atoms with Crippen molar-refractivity contribution in [1.82, 2.24) is 0 Å². The van der Waals surface area contributed by atoms with Gasteiger partial charge in [0.2, 0.25) is 0 Å². The zero-order valence-corrected chi connectivity index (χ0v) is 17.2. The standard InChI is InChI=1S/C22H14FIN2O3/c23-20-7-2-1-4-17(20)14-29-22-9-8-15(11-21(22)24)10-18(13-25)16-5-3-6-19(12-16)26(27)28/h1-12H,14H2. The third kappa shape index (κ3) is 5.18. The van der Waals surface area contributed by atoms with Crippen LogP contribution in [0, 0.1) is 30.8 Å². The second kappa shape index (κ2) is 9.30. The fourth-order valence-corrected chi connectivity index (χ4v) is 3.32. The van der Waals surface area contributed by atoms with E-state index in [4.69, 9.17) is 4.74 Å². The molecule has 0 saturated heterocycles. The highest BCUT2D eigenvalue weighted by Crippen LogP contribution is 2.27. The minimum absolute atomic E-state index is 0.0740. The third-order valence-corrected chi connectivity index (χ3v) is 4.94. The average Bonchev–Trinajstić information content (AvgIpc) is 2.72. The predicted octanol–water partition coefficient (Wildman–Crippen LogP) is 5.98. The second-order valence-corrected chi connectivity index (χ2v) is 7.21. The molecular weight excluding hydrogens is 486 g/mol. The number of nitriles is 1. The van der Waals surface area contributed by atoms with Crippen molar-refractivity contribution >= 4 is 39.9 Å². The van der Waals surface area contributed by atoms with E-state index in [-0.39, 0.29) is 18.1 Å². The van der Waals surface area contributed by atoms with Gasteiger partial charge in [-0.05, 0) is 58.0 Å². The number of nitro groups is 1. The Morgan fingerprint density at radius 1 is 1.17 bits per heavy atom. The average molecular weight is 500 g/mol. The SMILES string of the molecule is N#CC(=Cc1ccc(OCc2ccccc2F)c(I)c1)c1cccc([N+](=O)[O-])c1. The molecule has 0 bridgehead atoms. The Morgan fingerprint density at radius 2 is 1.97 bits per heavy atom. The first-order valence-corrected chi connectivity index (χ1v) is 9.58. The van der Waals surface area contributed by atoms with E-state index in [1.807, 2.05) is 6.07 Å². The Kier molecular flexibility index (Phi) is 6.57. The van der Waals surface area contributed by atoms with Gasteiger partial charge in [0.25, 0.3) is 5.69 Å². The Balaban J connectivity index is 1.81. The summed E-state index contributed by atoms with van der Waals surface area (Å²) in [5.41, 5.74) is 1.91. The number of nitrogens with zero attached hydrogens (tertiary/aromatic N) is 2. The number of hydrogen-bond acceptors (Lipinski definition) is 4. The van der Waals surface area contributed by atoms with Crippen molar-refractivity contribution in [1.29, 1.82) is 5.26 Å². The summed E-state index contributed by atoms with van der Waals surface area (Å²) in [6, 6.07) is 19.8. The van der Waals surface area contributed by atoms with Crippen molar-refractivity contribution in [2.75, 3.05) is 0 Å². The van der Waals surface area contributed by atoms with Crippen LogP contribution in [-0.2, 0) is 6.61 Å². The molecule has 0 aliphatic rings. The molecular formula is C22H14FIN2O3. The maximum absolute atomic E-state index is 13.7.